The number of carbonyl (C=O) groups is 1. The number of carbonyl (C=O) groups excluding carboxylic acids is 1. The standard InChI is InChI=1S/C6H8O4/c1-2-3(7)4-5(10-4)6(8)9-2/h2,4-6,8H,1H3. The molecule has 2 fully saturated rings. The van der Waals surface area contributed by atoms with Crippen LogP contribution in [0.4, 0.5) is 0 Å². The Kier molecular flexibility index (Phi) is 1.12. The minimum atomic E-state index is -0.905. The van der Waals surface area contributed by atoms with Crippen molar-refractivity contribution in [3.05, 3.63) is 0 Å². The molecule has 4 nitrogen and oxygen atoms in total. The van der Waals surface area contributed by atoms with Crippen molar-refractivity contribution in [1.29, 1.82) is 0 Å². The summed E-state index contributed by atoms with van der Waals surface area (Å²) in [4.78, 5) is 11.0. The average molecular weight is 144 g/mol. The van der Waals surface area contributed by atoms with Crippen molar-refractivity contribution in [1.82, 2.24) is 0 Å². The summed E-state index contributed by atoms with van der Waals surface area (Å²) >= 11 is 0. The van der Waals surface area contributed by atoms with E-state index in [1.54, 1.807) is 6.92 Å². The molecule has 0 spiro atoms. The Morgan fingerprint density at radius 3 is 2.90 bits per heavy atom. The zero-order valence-electron chi connectivity index (χ0n) is 5.48. The molecule has 0 aromatic heterocycles. The molecule has 4 heteroatoms. The molecule has 56 valence electrons. The Balaban J connectivity index is 2.12. The number of ether oxygens (including phenoxy) is 2. The third-order valence-corrected chi connectivity index (χ3v) is 1.83. The molecule has 0 bridgehead atoms. The first-order valence-corrected chi connectivity index (χ1v) is 3.23. The number of rotatable bonds is 0. The normalized spacial score (nSPS) is 52.4. The van der Waals surface area contributed by atoms with Gasteiger partial charge >= 0.3 is 0 Å². The molecule has 4 atom stereocenters. The smallest absolute Gasteiger partial charge is 0.192 e. The van der Waals surface area contributed by atoms with Gasteiger partial charge in [-0.3, -0.25) is 4.79 Å². The molecular weight excluding hydrogens is 136 g/mol. The number of hydrogen-bond donors (Lipinski definition) is 1. The van der Waals surface area contributed by atoms with Crippen molar-refractivity contribution in [3.8, 4) is 0 Å². The van der Waals surface area contributed by atoms with Crippen molar-refractivity contribution < 1.29 is 19.4 Å². The number of hydrogen-bond acceptors (Lipinski definition) is 4. The molecule has 2 aliphatic heterocycles. The molecule has 1 N–H and O–H groups in total. The van der Waals surface area contributed by atoms with Crippen LogP contribution in [-0.2, 0) is 14.3 Å². The fraction of sp³-hybridized carbons (Fsp3) is 0.833. The van der Waals surface area contributed by atoms with Gasteiger partial charge in [-0.25, -0.2) is 0 Å². The van der Waals surface area contributed by atoms with Gasteiger partial charge in [0, 0.05) is 0 Å². The maximum atomic E-state index is 11.0. The van der Waals surface area contributed by atoms with Crippen LogP contribution in [0, 0.1) is 0 Å². The Bertz CT molecular complexity index is 175. The lowest BCUT2D eigenvalue weighted by atomic mass is 10.1. The van der Waals surface area contributed by atoms with E-state index in [9.17, 15) is 4.79 Å². The first-order chi connectivity index (χ1) is 4.70. The van der Waals surface area contributed by atoms with Crippen LogP contribution in [0.25, 0.3) is 0 Å². The highest BCUT2D eigenvalue weighted by Crippen LogP contribution is 2.33. The van der Waals surface area contributed by atoms with Crippen molar-refractivity contribution >= 4 is 5.78 Å². The molecule has 2 heterocycles. The van der Waals surface area contributed by atoms with Crippen molar-refractivity contribution in [2.75, 3.05) is 0 Å². The molecule has 0 radical (unpaired) electrons. The summed E-state index contributed by atoms with van der Waals surface area (Å²) in [5, 5.41) is 9.01. The summed E-state index contributed by atoms with van der Waals surface area (Å²) in [6, 6.07) is 0. The Labute approximate surface area is 57.7 Å². The SMILES string of the molecule is CC1OC(O)C2OC2C1=O. The lowest BCUT2D eigenvalue weighted by Crippen LogP contribution is -2.39. The zero-order valence-corrected chi connectivity index (χ0v) is 5.48. The molecule has 2 rings (SSSR count). The van der Waals surface area contributed by atoms with E-state index in [4.69, 9.17) is 14.6 Å². The monoisotopic (exact) mass is 144 g/mol. The minimum absolute atomic E-state index is 0.0599. The number of ketones is 1. The molecule has 0 aliphatic carbocycles. The lowest BCUT2D eigenvalue weighted by molar-refractivity contribution is -0.166. The summed E-state index contributed by atoms with van der Waals surface area (Å²) in [5.74, 6) is -0.0599. The summed E-state index contributed by atoms with van der Waals surface area (Å²) < 4.78 is 9.68. The second-order valence-corrected chi connectivity index (χ2v) is 2.59. The van der Waals surface area contributed by atoms with Gasteiger partial charge in [0.15, 0.2) is 18.2 Å². The average Bonchev–Trinajstić information content (AvgIpc) is 2.61. The fourth-order valence-corrected chi connectivity index (χ4v) is 1.15. The number of Topliss-reactive ketones (excluding diaryl/α,β-unsaturated/α-hetero) is 1. The molecule has 0 aromatic rings. The summed E-state index contributed by atoms with van der Waals surface area (Å²) in [5.41, 5.74) is 0. The number of epoxide rings is 1. The number of fused-ring (bicyclic) bond motifs is 1. The van der Waals surface area contributed by atoms with E-state index in [1.807, 2.05) is 0 Å². The van der Waals surface area contributed by atoms with Crippen LogP contribution >= 0.6 is 0 Å². The first kappa shape index (κ1) is 6.27. The van der Waals surface area contributed by atoms with Crippen LogP contribution in [0.2, 0.25) is 0 Å². The quantitative estimate of drug-likeness (QED) is 0.446. The summed E-state index contributed by atoms with van der Waals surface area (Å²) in [6.45, 7) is 1.61. The molecule has 0 amide bonds. The highest BCUT2D eigenvalue weighted by Gasteiger charge is 2.56. The van der Waals surface area contributed by atoms with Crippen LogP contribution in [0.5, 0.6) is 0 Å². The Morgan fingerprint density at radius 1 is 1.50 bits per heavy atom. The molecule has 0 saturated carbocycles. The third kappa shape index (κ3) is 0.697. The maximum absolute atomic E-state index is 11.0. The van der Waals surface area contributed by atoms with Gasteiger partial charge in [0.2, 0.25) is 0 Å². The van der Waals surface area contributed by atoms with Crippen LogP contribution in [0.1, 0.15) is 6.92 Å². The van der Waals surface area contributed by atoms with E-state index < -0.39 is 18.5 Å². The number of aliphatic hydroxyl groups is 1. The molecule has 4 unspecified atom stereocenters. The molecule has 2 aliphatic rings. The van der Waals surface area contributed by atoms with E-state index in [0.717, 1.165) is 0 Å². The van der Waals surface area contributed by atoms with Gasteiger partial charge in [-0.1, -0.05) is 0 Å². The van der Waals surface area contributed by atoms with Crippen LogP contribution in [0.15, 0.2) is 0 Å². The van der Waals surface area contributed by atoms with Gasteiger partial charge in [-0.2, -0.15) is 0 Å². The van der Waals surface area contributed by atoms with E-state index >= 15 is 0 Å². The van der Waals surface area contributed by atoms with E-state index in [-0.39, 0.29) is 11.9 Å². The van der Waals surface area contributed by atoms with Crippen molar-refractivity contribution in [3.63, 3.8) is 0 Å². The predicted octanol–water partition coefficient (Wildman–Crippen LogP) is -0.940. The fourth-order valence-electron chi connectivity index (χ4n) is 1.15. The van der Waals surface area contributed by atoms with Crippen LogP contribution in [-0.4, -0.2) is 35.5 Å². The van der Waals surface area contributed by atoms with Gasteiger partial charge in [0.25, 0.3) is 0 Å². The maximum Gasteiger partial charge on any atom is 0.192 e. The second kappa shape index (κ2) is 1.78. The Hall–Kier alpha value is -0.450. The lowest BCUT2D eigenvalue weighted by Gasteiger charge is -2.18. The third-order valence-electron chi connectivity index (χ3n) is 1.83. The van der Waals surface area contributed by atoms with Crippen molar-refractivity contribution in [2.24, 2.45) is 0 Å². The van der Waals surface area contributed by atoms with E-state index in [1.165, 1.54) is 0 Å². The Morgan fingerprint density at radius 2 is 2.20 bits per heavy atom. The second-order valence-electron chi connectivity index (χ2n) is 2.59. The minimum Gasteiger partial charge on any atom is -0.366 e. The van der Waals surface area contributed by atoms with E-state index in [2.05, 4.69) is 0 Å². The van der Waals surface area contributed by atoms with Crippen LogP contribution in [0.3, 0.4) is 0 Å². The topological polar surface area (TPSA) is 59.1 Å². The zero-order chi connectivity index (χ0) is 7.30. The van der Waals surface area contributed by atoms with Crippen LogP contribution < -0.4 is 0 Å². The molecule has 2 saturated heterocycles. The first-order valence-electron chi connectivity index (χ1n) is 3.23. The summed E-state index contributed by atoms with van der Waals surface area (Å²) in [7, 11) is 0. The van der Waals surface area contributed by atoms with Gasteiger partial charge in [-0.05, 0) is 6.92 Å². The van der Waals surface area contributed by atoms with Gasteiger partial charge in [0.05, 0.1) is 0 Å². The molecule has 0 aromatic carbocycles. The number of aliphatic hydroxyl groups excluding tert-OH is 1. The predicted molar refractivity (Wildman–Crippen MR) is 30.2 cm³/mol. The largest absolute Gasteiger partial charge is 0.366 e. The van der Waals surface area contributed by atoms with Gasteiger partial charge in [-0.15, -0.1) is 0 Å². The molecular formula is C6H8O4. The highest BCUT2D eigenvalue weighted by atomic mass is 16.7. The summed E-state index contributed by atoms with van der Waals surface area (Å²) in [6.07, 6.45) is -2.20. The molecule has 10 heavy (non-hydrogen) atoms. The van der Waals surface area contributed by atoms with Crippen molar-refractivity contribution in [2.45, 2.75) is 31.5 Å². The van der Waals surface area contributed by atoms with Gasteiger partial charge in [0.1, 0.15) is 12.2 Å². The van der Waals surface area contributed by atoms with Gasteiger partial charge < -0.3 is 14.6 Å². The highest BCUT2D eigenvalue weighted by molar-refractivity contribution is 5.90. The van der Waals surface area contributed by atoms with E-state index in [0.29, 0.717) is 0 Å².